The van der Waals surface area contributed by atoms with Gasteiger partial charge < -0.3 is 10.8 Å². The minimum absolute atomic E-state index is 0.0338. The van der Waals surface area contributed by atoms with E-state index in [0.29, 0.717) is 5.69 Å². The van der Waals surface area contributed by atoms with E-state index in [2.05, 4.69) is 0 Å². The number of sulfonamides is 1. The summed E-state index contributed by atoms with van der Waals surface area (Å²) in [5.74, 6) is 0. The van der Waals surface area contributed by atoms with Crippen LogP contribution in [0.1, 0.15) is 5.56 Å². The van der Waals surface area contributed by atoms with Gasteiger partial charge in [0.25, 0.3) is 0 Å². The van der Waals surface area contributed by atoms with E-state index in [9.17, 15) is 8.42 Å². The molecule has 0 unspecified atom stereocenters. The average molecular weight is 306 g/mol. The predicted molar refractivity (Wildman–Crippen MR) is 82.0 cm³/mol. The van der Waals surface area contributed by atoms with Crippen molar-refractivity contribution in [3.05, 3.63) is 60.2 Å². The van der Waals surface area contributed by atoms with Crippen LogP contribution in [0.4, 0.5) is 5.69 Å². The number of rotatable bonds is 6. The average Bonchev–Trinajstić information content (AvgIpc) is 2.48. The highest BCUT2D eigenvalue weighted by Crippen LogP contribution is 2.20. The number of hydrogen-bond donors (Lipinski definition) is 2. The number of benzene rings is 2. The SMILES string of the molecule is Nc1cccc(S(=O)(=O)N(CCO)Cc2ccccc2)c1. The first-order valence-electron chi connectivity index (χ1n) is 6.54. The number of hydrogen-bond acceptors (Lipinski definition) is 4. The second-order valence-electron chi connectivity index (χ2n) is 4.62. The maximum absolute atomic E-state index is 12.6. The molecule has 0 aliphatic heterocycles. The Kier molecular flexibility index (Phi) is 4.95. The van der Waals surface area contributed by atoms with Gasteiger partial charge in [0.15, 0.2) is 0 Å². The summed E-state index contributed by atoms with van der Waals surface area (Å²) in [5, 5.41) is 9.15. The first-order valence-corrected chi connectivity index (χ1v) is 7.98. The number of aliphatic hydroxyl groups excluding tert-OH is 1. The molecule has 21 heavy (non-hydrogen) atoms. The van der Waals surface area contributed by atoms with Crippen molar-refractivity contribution in [3.8, 4) is 0 Å². The Morgan fingerprint density at radius 1 is 1.05 bits per heavy atom. The summed E-state index contributed by atoms with van der Waals surface area (Å²) in [7, 11) is -3.69. The van der Waals surface area contributed by atoms with Crippen LogP contribution in [0, 0.1) is 0 Å². The van der Waals surface area contributed by atoms with Gasteiger partial charge in [-0.25, -0.2) is 8.42 Å². The third-order valence-corrected chi connectivity index (χ3v) is 4.89. The lowest BCUT2D eigenvalue weighted by atomic mass is 10.2. The molecule has 6 heteroatoms. The Bertz CT molecular complexity index is 687. The van der Waals surface area contributed by atoms with E-state index in [1.54, 1.807) is 12.1 Å². The van der Waals surface area contributed by atoms with Gasteiger partial charge in [0.2, 0.25) is 10.0 Å². The lowest BCUT2D eigenvalue weighted by molar-refractivity contribution is 0.251. The van der Waals surface area contributed by atoms with E-state index >= 15 is 0 Å². The molecule has 0 fully saturated rings. The fraction of sp³-hybridized carbons (Fsp3) is 0.200. The first-order chi connectivity index (χ1) is 10.0. The molecule has 0 bridgehead atoms. The molecule has 0 aromatic heterocycles. The standard InChI is InChI=1S/C15H18N2O3S/c16-14-7-4-8-15(11-14)21(19,20)17(9-10-18)12-13-5-2-1-3-6-13/h1-8,11,18H,9-10,12,16H2. The molecule has 2 aromatic carbocycles. The highest BCUT2D eigenvalue weighted by atomic mass is 32.2. The zero-order valence-electron chi connectivity index (χ0n) is 11.5. The van der Waals surface area contributed by atoms with E-state index in [-0.39, 0.29) is 24.6 Å². The van der Waals surface area contributed by atoms with Crippen molar-refractivity contribution in [1.82, 2.24) is 4.31 Å². The fourth-order valence-corrected chi connectivity index (χ4v) is 3.48. The minimum atomic E-state index is -3.69. The summed E-state index contributed by atoms with van der Waals surface area (Å²) >= 11 is 0. The van der Waals surface area contributed by atoms with Crippen molar-refractivity contribution in [2.24, 2.45) is 0 Å². The van der Waals surface area contributed by atoms with Crippen molar-refractivity contribution in [2.75, 3.05) is 18.9 Å². The van der Waals surface area contributed by atoms with Crippen molar-refractivity contribution in [2.45, 2.75) is 11.4 Å². The van der Waals surface area contributed by atoms with Gasteiger partial charge in [-0.05, 0) is 23.8 Å². The molecule has 0 spiro atoms. The zero-order chi connectivity index (χ0) is 15.3. The first kappa shape index (κ1) is 15.5. The van der Waals surface area contributed by atoms with E-state index < -0.39 is 10.0 Å². The van der Waals surface area contributed by atoms with Gasteiger partial charge in [-0.3, -0.25) is 0 Å². The molecule has 0 radical (unpaired) electrons. The third-order valence-electron chi connectivity index (χ3n) is 3.05. The molecular formula is C15H18N2O3S. The highest BCUT2D eigenvalue weighted by molar-refractivity contribution is 7.89. The van der Waals surface area contributed by atoms with Crippen LogP contribution in [0.25, 0.3) is 0 Å². The zero-order valence-corrected chi connectivity index (χ0v) is 12.3. The van der Waals surface area contributed by atoms with Gasteiger partial charge in [0.1, 0.15) is 0 Å². The number of nitrogens with zero attached hydrogens (tertiary/aromatic N) is 1. The molecular weight excluding hydrogens is 288 g/mol. The highest BCUT2D eigenvalue weighted by Gasteiger charge is 2.24. The van der Waals surface area contributed by atoms with Gasteiger partial charge in [0.05, 0.1) is 11.5 Å². The van der Waals surface area contributed by atoms with Crippen molar-refractivity contribution in [1.29, 1.82) is 0 Å². The van der Waals surface area contributed by atoms with Crippen LogP contribution in [0.3, 0.4) is 0 Å². The molecule has 0 saturated carbocycles. The second-order valence-corrected chi connectivity index (χ2v) is 6.56. The number of anilines is 1. The molecule has 0 aliphatic rings. The molecule has 0 atom stereocenters. The summed E-state index contributed by atoms with van der Waals surface area (Å²) < 4.78 is 26.5. The van der Waals surface area contributed by atoms with Crippen LogP contribution in [0.15, 0.2) is 59.5 Å². The van der Waals surface area contributed by atoms with Crippen molar-refractivity contribution < 1.29 is 13.5 Å². The number of nitrogen functional groups attached to an aromatic ring is 1. The van der Waals surface area contributed by atoms with E-state index in [1.807, 2.05) is 30.3 Å². The smallest absolute Gasteiger partial charge is 0.243 e. The van der Waals surface area contributed by atoms with E-state index in [4.69, 9.17) is 10.8 Å². The van der Waals surface area contributed by atoms with Crippen molar-refractivity contribution in [3.63, 3.8) is 0 Å². The molecule has 2 rings (SSSR count). The van der Waals surface area contributed by atoms with Crippen LogP contribution < -0.4 is 5.73 Å². The topological polar surface area (TPSA) is 83.6 Å². The summed E-state index contributed by atoms with van der Waals surface area (Å²) in [6.45, 7) is -0.00105. The van der Waals surface area contributed by atoms with Gasteiger partial charge in [0, 0.05) is 18.8 Å². The normalized spacial score (nSPS) is 11.7. The quantitative estimate of drug-likeness (QED) is 0.791. The molecule has 112 valence electrons. The molecule has 0 aliphatic carbocycles. The summed E-state index contributed by atoms with van der Waals surface area (Å²) in [6.07, 6.45) is 0. The minimum Gasteiger partial charge on any atom is -0.399 e. The lowest BCUT2D eigenvalue weighted by Gasteiger charge is -2.21. The molecule has 3 N–H and O–H groups in total. The van der Waals surface area contributed by atoms with Crippen molar-refractivity contribution >= 4 is 15.7 Å². The molecule has 0 heterocycles. The molecule has 5 nitrogen and oxygen atoms in total. The summed E-state index contributed by atoms with van der Waals surface area (Å²) in [4.78, 5) is 0.131. The largest absolute Gasteiger partial charge is 0.399 e. The molecule has 2 aromatic rings. The van der Waals surface area contributed by atoms with E-state index in [1.165, 1.54) is 16.4 Å². The Morgan fingerprint density at radius 3 is 2.38 bits per heavy atom. The lowest BCUT2D eigenvalue weighted by Crippen LogP contribution is -2.33. The summed E-state index contributed by atoms with van der Waals surface area (Å²) in [6, 6.07) is 15.4. The summed E-state index contributed by atoms with van der Waals surface area (Å²) in [5.41, 5.74) is 6.90. The van der Waals surface area contributed by atoms with Crippen LogP contribution in [0.5, 0.6) is 0 Å². The van der Waals surface area contributed by atoms with Crippen LogP contribution in [-0.4, -0.2) is 31.0 Å². The second kappa shape index (κ2) is 6.71. The monoisotopic (exact) mass is 306 g/mol. The predicted octanol–water partition coefficient (Wildman–Crippen LogP) is 1.45. The third kappa shape index (κ3) is 3.81. The maximum Gasteiger partial charge on any atom is 0.243 e. The van der Waals surface area contributed by atoms with Gasteiger partial charge in [-0.2, -0.15) is 4.31 Å². The van der Waals surface area contributed by atoms with Crippen LogP contribution in [0.2, 0.25) is 0 Å². The molecule has 0 saturated heterocycles. The van der Waals surface area contributed by atoms with Crippen LogP contribution in [-0.2, 0) is 16.6 Å². The Labute approximate surface area is 124 Å². The number of nitrogens with two attached hydrogens (primary N) is 1. The fourth-order valence-electron chi connectivity index (χ4n) is 2.01. The molecule has 0 amide bonds. The van der Waals surface area contributed by atoms with Gasteiger partial charge in [-0.15, -0.1) is 0 Å². The Hall–Kier alpha value is -1.89. The number of aliphatic hydroxyl groups is 1. The van der Waals surface area contributed by atoms with E-state index in [0.717, 1.165) is 5.56 Å². The Morgan fingerprint density at radius 2 is 1.76 bits per heavy atom. The van der Waals surface area contributed by atoms with Gasteiger partial charge in [-0.1, -0.05) is 36.4 Å². The van der Waals surface area contributed by atoms with Crippen LogP contribution >= 0.6 is 0 Å². The maximum atomic E-state index is 12.6. The van der Waals surface area contributed by atoms with Gasteiger partial charge >= 0.3 is 0 Å². The Balaban J connectivity index is 2.32.